The standard InChI is InChI=1S/C21H30N4O4/c1-21(2,3)29-20(28)22-15-8-10-23(11-9-15)12-16-13-24-17(26)6-4-14-5-7-18(27)25(16)19(14)24/h4,6,15-16H,5,7-13H2,1-3H3,(H,22,28). The first-order valence-corrected chi connectivity index (χ1v) is 10.5. The van der Waals surface area contributed by atoms with Crippen LogP contribution >= 0.6 is 0 Å². The first kappa shape index (κ1) is 19.9. The molecule has 1 saturated heterocycles. The molecule has 8 nitrogen and oxygen atoms in total. The molecule has 2 amide bonds. The van der Waals surface area contributed by atoms with Crippen molar-refractivity contribution in [2.45, 2.75) is 70.7 Å². The lowest BCUT2D eigenvalue weighted by Gasteiger charge is -2.36. The minimum atomic E-state index is -0.500. The molecule has 3 aliphatic heterocycles. The van der Waals surface area contributed by atoms with E-state index in [0.717, 1.165) is 43.9 Å². The molecular weight excluding hydrogens is 372 g/mol. The number of aromatic nitrogens is 1. The van der Waals surface area contributed by atoms with E-state index in [9.17, 15) is 14.4 Å². The zero-order chi connectivity index (χ0) is 20.8. The van der Waals surface area contributed by atoms with Gasteiger partial charge in [0.15, 0.2) is 0 Å². The summed E-state index contributed by atoms with van der Waals surface area (Å²) in [5.41, 5.74) is 0.554. The smallest absolute Gasteiger partial charge is 0.407 e. The molecule has 1 unspecified atom stereocenters. The average molecular weight is 402 g/mol. The predicted octanol–water partition coefficient (Wildman–Crippen LogP) is 1.50. The predicted molar refractivity (Wildman–Crippen MR) is 109 cm³/mol. The summed E-state index contributed by atoms with van der Waals surface area (Å²) in [7, 11) is 0. The third kappa shape index (κ3) is 4.17. The number of rotatable bonds is 3. The molecule has 0 saturated carbocycles. The van der Waals surface area contributed by atoms with Gasteiger partial charge in [-0.2, -0.15) is 0 Å². The fourth-order valence-corrected chi connectivity index (χ4v) is 4.59. The van der Waals surface area contributed by atoms with E-state index in [1.165, 1.54) is 0 Å². The second kappa shape index (κ2) is 7.48. The molecular formula is C21H30N4O4. The van der Waals surface area contributed by atoms with Crippen LogP contribution in [0, 0.1) is 0 Å². The normalized spacial score (nSPS) is 22.5. The van der Waals surface area contributed by atoms with Gasteiger partial charge in [0.2, 0.25) is 5.91 Å². The van der Waals surface area contributed by atoms with Crippen molar-refractivity contribution in [2.75, 3.05) is 24.5 Å². The van der Waals surface area contributed by atoms with Gasteiger partial charge in [-0.05, 0) is 51.7 Å². The fraction of sp³-hybridized carbons (Fsp3) is 0.667. The summed E-state index contributed by atoms with van der Waals surface area (Å²) in [4.78, 5) is 41.1. The molecule has 8 heteroatoms. The van der Waals surface area contributed by atoms with Crippen molar-refractivity contribution in [2.24, 2.45) is 0 Å². The van der Waals surface area contributed by atoms with Gasteiger partial charge in [0.1, 0.15) is 11.4 Å². The molecule has 4 heterocycles. The van der Waals surface area contributed by atoms with Gasteiger partial charge in [0.25, 0.3) is 5.56 Å². The van der Waals surface area contributed by atoms with E-state index >= 15 is 0 Å². The molecule has 0 aromatic carbocycles. The molecule has 1 N–H and O–H groups in total. The van der Waals surface area contributed by atoms with Crippen LogP contribution in [0.3, 0.4) is 0 Å². The summed E-state index contributed by atoms with van der Waals surface area (Å²) in [6.07, 6.45) is 2.53. The third-order valence-electron chi connectivity index (χ3n) is 5.88. The van der Waals surface area contributed by atoms with E-state index < -0.39 is 5.60 Å². The zero-order valence-corrected chi connectivity index (χ0v) is 17.4. The Hall–Kier alpha value is -2.35. The largest absolute Gasteiger partial charge is 0.444 e. The highest BCUT2D eigenvalue weighted by Gasteiger charge is 2.39. The van der Waals surface area contributed by atoms with E-state index in [0.29, 0.717) is 19.4 Å². The maximum Gasteiger partial charge on any atom is 0.407 e. The second-order valence-corrected chi connectivity index (χ2v) is 9.27. The molecule has 4 rings (SSSR count). The molecule has 0 spiro atoms. The quantitative estimate of drug-likeness (QED) is 0.828. The number of anilines is 1. The number of nitrogens with zero attached hydrogens (tertiary/aromatic N) is 3. The van der Waals surface area contributed by atoms with Gasteiger partial charge in [-0.3, -0.25) is 19.1 Å². The number of nitrogens with one attached hydrogen (secondary N) is 1. The maximum absolute atomic E-state index is 12.6. The van der Waals surface area contributed by atoms with Gasteiger partial charge in [-0.15, -0.1) is 0 Å². The number of hydrogen-bond acceptors (Lipinski definition) is 5. The van der Waals surface area contributed by atoms with Crippen LogP contribution in [0.15, 0.2) is 16.9 Å². The van der Waals surface area contributed by atoms with Gasteiger partial charge < -0.3 is 15.0 Å². The number of carbonyl (C=O) groups is 2. The van der Waals surface area contributed by atoms with Gasteiger partial charge in [0, 0.05) is 44.7 Å². The van der Waals surface area contributed by atoms with E-state index in [2.05, 4.69) is 10.2 Å². The van der Waals surface area contributed by atoms with Gasteiger partial charge in [-0.25, -0.2) is 4.79 Å². The number of carbonyl (C=O) groups excluding carboxylic acids is 2. The second-order valence-electron chi connectivity index (χ2n) is 9.27. The molecule has 0 aliphatic carbocycles. The van der Waals surface area contributed by atoms with Crippen molar-refractivity contribution in [3.05, 3.63) is 28.0 Å². The molecule has 3 aliphatic rings. The summed E-state index contributed by atoms with van der Waals surface area (Å²) < 4.78 is 7.10. The lowest BCUT2D eigenvalue weighted by atomic mass is 10.0. The molecule has 1 aromatic rings. The van der Waals surface area contributed by atoms with Crippen molar-refractivity contribution in [1.29, 1.82) is 0 Å². The van der Waals surface area contributed by atoms with Crippen LogP contribution in [0.5, 0.6) is 0 Å². The Morgan fingerprint density at radius 2 is 1.90 bits per heavy atom. The van der Waals surface area contributed by atoms with Crippen LogP contribution in [-0.2, 0) is 22.5 Å². The number of alkyl carbamates (subject to hydrolysis) is 1. The Morgan fingerprint density at radius 1 is 1.17 bits per heavy atom. The minimum Gasteiger partial charge on any atom is -0.444 e. The molecule has 0 radical (unpaired) electrons. The van der Waals surface area contributed by atoms with Crippen LogP contribution in [0.1, 0.15) is 45.6 Å². The summed E-state index contributed by atoms with van der Waals surface area (Å²) in [6, 6.07) is 3.58. The summed E-state index contributed by atoms with van der Waals surface area (Å²) in [5, 5.41) is 2.96. The number of hydrogen-bond donors (Lipinski definition) is 1. The molecule has 1 aromatic heterocycles. The fourth-order valence-electron chi connectivity index (χ4n) is 4.59. The lowest BCUT2D eigenvalue weighted by Crippen LogP contribution is -2.51. The zero-order valence-electron chi connectivity index (χ0n) is 17.4. The van der Waals surface area contributed by atoms with Crippen molar-refractivity contribution in [3.63, 3.8) is 0 Å². The van der Waals surface area contributed by atoms with Crippen LogP contribution < -0.4 is 15.8 Å². The Morgan fingerprint density at radius 3 is 2.59 bits per heavy atom. The molecule has 158 valence electrons. The highest BCUT2D eigenvalue weighted by atomic mass is 16.6. The van der Waals surface area contributed by atoms with Gasteiger partial charge in [-0.1, -0.05) is 0 Å². The van der Waals surface area contributed by atoms with E-state index in [1.807, 2.05) is 31.7 Å². The monoisotopic (exact) mass is 402 g/mol. The number of likely N-dealkylation sites (tertiary alicyclic amines) is 1. The number of ether oxygens (including phenoxy) is 1. The molecule has 29 heavy (non-hydrogen) atoms. The Bertz CT molecular complexity index is 864. The minimum absolute atomic E-state index is 0.00739. The SMILES string of the molecule is CC(C)(C)OC(=O)NC1CCN(CC2Cn3c4c(ccc3=O)CCC(=O)N42)CC1. The van der Waals surface area contributed by atoms with E-state index in [1.54, 1.807) is 10.6 Å². The van der Waals surface area contributed by atoms with Crippen LogP contribution in [0.4, 0.5) is 10.6 Å². The van der Waals surface area contributed by atoms with Crippen LogP contribution in [-0.4, -0.2) is 58.8 Å². The summed E-state index contributed by atoms with van der Waals surface area (Å²) >= 11 is 0. The van der Waals surface area contributed by atoms with Crippen molar-refractivity contribution in [1.82, 2.24) is 14.8 Å². The Balaban J connectivity index is 1.35. The molecule has 0 bridgehead atoms. The van der Waals surface area contributed by atoms with Gasteiger partial charge >= 0.3 is 6.09 Å². The first-order valence-electron chi connectivity index (χ1n) is 10.5. The number of pyridine rings is 1. The van der Waals surface area contributed by atoms with Crippen molar-refractivity contribution < 1.29 is 14.3 Å². The summed E-state index contributed by atoms with van der Waals surface area (Å²) in [5.74, 6) is 0.918. The highest BCUT2D eigenvalue weighted by molar-refractivity contribution is 5.96. The topological polar surface area (TPSA) is 83.9 Å². The number of piperidine rings is 1. The first-order chi connectivity index (χ1) is 13.7. The highest BCUT2D eigenvalue weighted by Crippen LogP contribution is 2.34. The van der Waals surface area contributed by atoms with Crippen molar-refractivity contribution >= 4 is 17.8 Å². The van der Waals surface area contributed by atoms with E-state index in [4.69, 9.17) is 4.74 Å². The van der Waals surface area contributed by atoms with E-state index in [-0.39, 0.29) is 29.6 Å². The summed E-state index contributed by atoms with van der Waals surface area (Å²) in [6.45, 7) is 8.55. The lowest BCUT2D eigenvalue weighted by molar-refractivity contribution is -0.119. The molecule has 1 atom stereocenters. The van der Waals surface area contributed by atoms with Crippen molar-refractivity contribution in [3.8, 4) is 0 Å². The number of amides is 2. The van der Waals surface area contributed by atoms with Crippen LogP contribution in [0.2, 0.25) is 0 Å². The maximum atomic E-state index is 12.6. The molecule has 1 fully saturated rings. The van der Waals surface area contributed by atoms with Crippen LogP contribution in [0.25, 0.3) is 0 Å². The Labute approximate surface area is 170 Å². The number of aryl methyl sites for hydroxylation is 1. The van der Waals surface area contributed by atoms with Gasteiger partial charge in [0.05, 0.1) is 6.04 Å². The average Bonchev–Trinajstić information content (AvgIpc) is 3.01. The third-order valence-corrected chi connectivity index (χ3v) is 5.88. The Kier molecular flexibility index (Phi) is 5.14.